The maximum Gasteiger partial charge on any atom is 0.170 e. The molecule has 0 fully saturated rings. The zero-order chi connectivity index (χ0) is 15.2. The molecule has 2 aromatic rings. The maximum absolute atomic E-state index is 13.1. The summed E-state index contributed by atoms with van der Waals surface area (Å²) in [6, 6.07) is 11.0. The number of methoxy groups -OCH3 is 1. The number of ether oxygens (including phenoxy) is 2. The number of nitrogens with two attached hydrogens (primary N) is 1. The first-order valence-electron chi connectivity index (χ1n) is 6.17. The summed E-state index contributed by atoms with van der Waals surface area (Å²) in [5.74, 6) is 0.585. The van der Waals surface area contributed by atoms with Gasteiger partial charge in [0.2, 0.25) is 0 Å². The van der Waals surface area contributed by atoms with Gasteiger partial charge in [-0.25, -0.2) is 4.39 Å². The summed E-state index contributed by atoms with van der Waals surface area (Å²) in [5.41, 5.74) is 6.72. The molecule has 5 nitrogen and oxygen atoms in total. The summed E-state index contributed by atoms with van der Waals surface area (Å²) in [5, 5.41) is 11.6. The number of amidine groups is 1. The van der Waals surface area contributed by atoms with E-state index >= 15 is 0 Å². The quantitative estimate of drug-likeness (QED) is 0.384. The molecule has 0 aromatic heterocycles. The fourth-order valence-electron chi connectivity index (χ4n) is 1.79. The van der Waals surface area contributed by atoms with Crippen molar-refractivity contribution in [2.75, 3.05) is 7.11 Å². The molecule has 0 saturated heterocycles. The van der Waals surface area contributed by atoms with Crippen molar-refractivity contribution < 1.29 is 19.1 Å². The minimum atomic E-state index is -0.314. The molecule has 110 valence electrons. The van der Waals surface area contributed by atoms with Gasteiger partial charge < -0.3 is 20.4 Å². The number of hydrogen-bond acceptors (Lipinski definition) is 4. The topological polar surface area (TPSA) is 77.1 Å². The van der Waals surface area contributed by atoms with Crippen molar-refractivity contribution in [1.29, 1.82) is 0 Å². The Labute approximate surface area is 121 Å². The Morgan fingerprint density at radius 1 is 1.24 bits per heavy atom. The molecule has 0 unspecified atom stereocenters. The maximum atomic E-state index is 13.1. The van der Waals surface area contributed by atoms with E-state index in [-0.39, 0.29) is 18.3 Å². The number of rotatable bonds is 5. The molecule has 2 rings (SSSR count). The highest BCUT2D eigenvalue weighted by Crippen LogP contribution is 2.28. The van der Waals surface area contributed by atoms with Gasteiger partial charge >= 0.3 is 0 Å². The Bertz CT molecular complexity index is 659. The van der Waals surface area contributed by atoms with E-state index in [2.05, 4.69) is 5.16 Å². The van der Waals surface area contributed by atoms with Crippen LogP contribution in [0.4, 0.5) is 4.39 Å². The fourth-order valence-corrected chi connectivity index (χ4v) is 1.79. The minimum Gasteiger partial charge on any atom is -0.493 e. The number of benzene rings is 2. The molecule has 0 spiro atoms. The average Bonchev–Trinajstić information content (AvgIpc) is 2.52. The Kier molecular flexibility index (Phi) is 4.61. The van der Waals surface area contributed by atoms with Crippen molar-refractivity contribution in [1.82, 2.24) is 0 Å². The summed E-state index contributed by atoms with van der Waals surface area (Å²) >= 11 is 0. The van der Waals surface area contributed by atoms with E-state index in [0.29, 0.717) is 22.6 Å². The van der Waals surface area contributed by atoms with Crippen LogP contribution >= 0.6 is 0 Å². The van der Waals surface area contributed by atoms with Crippen molar-refractivity contribution in [3.63, 3.8) is 0 Å². The second-order valence-corrected chi connectivity index (χ2v) is 4.27. The molecule has 0 aliphatic rings. The van der Waals surface area contributed by atoms with Gasteiger partial charge in [-0.3, -0.25) is 0 Å². The second kappa shape index (κ2) is 6.60. The van der Waals surface area contributed by atoms with Crippen LogP contribution in [0, 0.1) is 5.82 Å². The van der Waals surface area contributed by atoms with Crippen LogP contribution in [-0.2, 0) is 6.61 Å². The molecule has 2 aromatic carbocycles. The molecule has 0 aliphatic carbocycles. The third-order valence-electron chi connectivity index (χ3n) is 2.85. The highest BCUT2D eigenvalue weighted by molar-refractivity contribution is 5.97. The number of oxime groups is 1. The zero-order valence-electron chi connectivity index (χ0n) is 11.4. The smallest absolute Gasteiger partial charge is 0.170 e. The molecule has 6 heteroatoms. The number of halogens is 1. The Hall–Kier alpha value is -2.76. The van der Waals surface area contributed by atoms with Crippen LogP contribution in [0.1, 0.15) is 11.1 Å². The molecule has 0 radical (unpaired) electrons. The van der Waals surface area contributed by atoms with Gasteiger partial charge in [0.25, 0.3) is 0 Å². The van der Waals surface area contributed by atoms with Gasteiger partial charge in [0.05, 0.1) is 7.11 Å². The molecule has 0 atom stereocenters. The molecular formula is C15H15FN2O3. The van der Waals surface area contributed by atoms with Crippen LogP contribution in [0.3, 0.4) is 0 Å². The lowest BCUT2D eigenvalue weighted by atomic mass is 10.2. The van der Waals surface area contributed by atoms with Gasteiger partial charge in [-0.05, 0) is 35.9 Å². The first-order chi connectivity index (χ1) is 10.1. The summed E-state index contributed by atoms with van der Waals surface area (Å²) in [6.07, 6.45) is 0. The first kappa shape index (κ1) is 14.6. The van der Waals surface area contributed by atoms with Crippen LogP contribution in [0.15, 0.2) is 47.6 Å². The highest BCUT2D eigenvalue weighted by atomic mass is 19.1. The fraction of sp³-hybridized carbons (Fsp3) is 0.133. The van der Waals surface area contributed by atoms with E-state index in [4.69, 9.17) is 20.4 Å². The van der Waals surface area contributed by atoms with E-state index in [1.165, 1.54) is 19.2 Å². The van der Waals surface area contributed by atoms with Gasteiger partial charge in [-0.2, -0.15) is 0 Å². The Morgan fingerprint density at radius 2 is 2.05 bits per heavy atom. The average molecular weight is 290 g/mol. The molecular weight excluding hydrogens is 275 g/mol. The Morgan fingerprint density at radius 3 is 2.71 bits per heavy atom. The van der Waals surface area contributed by atoms with Crippen molar-refractivity contribution >= 4 is 5.84 Å². The van der Waals surface area contributed by atoms with E-state index in [9.17, 15) is 4.39 Å². The molecule has 0 aliphatic heterocycles. The standard InChI is InChI=1S/C15H15FN2O3/c1-20-14-8-11(15(17)18-19)5-6-13(14)21-9-10-3-2-4-12(16)7-10/h2-8,19H,9H2,1H3,(H2,17,18). The summed E-state index contributed by atoms with van der Waals surface area (Å²) in [6.45, 7) is 0.205. The van der Waals surface area contributed by atoms with Gasteiger partial charge in [0.1, 0.15) is 12.4 Å². The summed E-state index contributed by atoms with van der Waals surface area (Å²) in [7, 11) is 1.49. The minimum absolute atomic E-state index is 0.0232. The van der Waals surface area contributed by atoms with Crippen LogP contribution in [0.2, 0.25) is 0 Å². The molecule has 21 heavy (non-hydrogen) atoms. The van der Waals surface area contributed by atoms with Gasteiger partial charge in [0, 0.05) is 5.56 Å². The van der Waals surface area contributed by atoms with E-state index in [0.717, 1.165) is 0 Å². The lowest BCUT2D eigenvalue weighted by Crippen LogP contribution is -2.13. The highest BCUT2D eigenvalue weighted by Gasteiger charge is 2.08. The van der Waals surface area contributed by atoms with Crippen molar-refractivity contribution in [3.05, 3.63) is 59.4 Å². The van der Waals surface area contributed by atoms with Crippen LogP contribution in [-0.4, -0.2) is 18.2 Å². The second-order valence-electron chi connectivity index (χ2n) is 4.27. The lowest BCUT2D eigenvalue weighted by Gasteiger charge is -2.12. The zero-order valence-corrected chi connectivity index (χ0v) is 11.4. The van der Waals surface area contributed by atoms with Gasteiger partial charge in [-0.1, -0.05) is 17.3 Å². The van der Waals surface area contributed by atoms with Crippen molar-refractivity contribution in [2.24, 2.45) is 10.9 Å². The lowest BCUT2D eigenvalue weighted by molar-refractivity contribution is 0.284. The summed E-state index contributed by atoms with van der Waals surface area (Å²) in [4.78, 5) is 0. The largest absolute Gasteiger partial charge is 0.493 e. The predicted molar refractivity (Wildman–Crippen MR) is 76.2 cm³/mol. The third kappa shape index (κ3) is 3.62. The Balaban J connectivity index is 2.16. The van der Waals surface area contributed by atoms with Crippen molar-refractivity contribution in [3.8, 4) is 11.5 Å². The van der Waals surface area contributed by atoms with E-state index in [1.807, 2.05) is 0 Å². The van der Waals surface area contributed by atoms with E-state index in [1.54, 1.807) is 30.3 Å². The van der Waals surface area contributed by atoms with Crippen LogP contribution in [0.25, 0.3) is 0 Å². The number of hydrogen-bond donors (Lipinski definition) is 2. The monoisotopic (exact) mass is 290 g/mol. The molecule has 0 saturated carbocycles. The first-order valence-corrected chi connectivity index (χ1v) is 6.17. The van der Waals surface area contributed by atoms with Crippen molar-refractivity contribution in [2.45, 2.75) is 6.61 Å². The molecule has 0 bridgehead atoms. The third-order valence-corrected chi connectivity index (χ3v) is 2.85. The van der Waals surface area contributed by atoms with Crippen LogP contribution in [0.5, 0.6) is 11.5 Å². The van der Waals surface area contributed by atoms with E-state index < -0.39 is 0 Å². The molecule has 0 amide bonds. The molecule has 0 heterocycles. The summed E-state index contributed by atoms with van der Waals surface area (Å²) < 4.78 is 23.9. The normalized spacial score (nSPS) is 11.2. The van der Waals surface area contributed by atoms with Gasteiger partial charge in [0.15, 0.2) is 17.3 Å². The predicted octanol–water partition coefficient (Wildman–Crippen LogP) is 2.51. The SMILES string of the molecule is COc1cc(/C(N)=N/O)ccc1OCc1cccc(F)c1. The molecule has 3 N–H and O–H groups in total. The van der Waals surface area contributed by atoms with Crippen LogP contribution < -0.4 is 15.2 Å². The number of nitrogens with zero attached hydrogens (tertiary/aromatic N) is 1. The van der Waals surface area contributed by atoms with Gasteiger partial charge in [-0.15, -0.1) is 0 Å².